The van der Waals surface area contributed by atoms with Gasteiger partial charge in [0, 0.05) is 11.7 Å². The van der Waals surface area contributed by atoms with Crippen LogP contribution in [0.4, 0.5) is 0 Å². The zero-order chi connectivity index (χ0) is 16.9. The number of nitrogens with two attached hydrogens (primary N) is 1. The summed E-state index contributed by atoms with van der Waals surface area (Å²) in [7, 11) is -1.38. The third kappa shape index (κ3) is 2.67. The molecule has 4 fully saturated rings. The highest BCUT2D eigenvalue weighted by Gasteiger charge is 2.57. The van der Waals surface area contributed by atoms with Crippen LogP contribution < -0.4 is 5.73 Å². The molecule has 4 rings (SSSR count). The maximum atomic E-state index is 13.3. The monoisotopic (exact) mass is 333 g/mol. The Morgan fingerprint density at radius 3 is 2.25 bits per heavy atom. The Kier molecular flexibility index (Phi) is 4.55. The van der Waals surface area contributed by atoms with Crippen LogP contribution in [0.1, 0.15) is 70.6 Å². The molecule has 0 saturated heterocycles. The first-order valence-corrected chi connectivity index (χ1v) is 10.2. The Labute approximate surface area is 145 Å². The van der Waals surface area contributed by atoms with Gasteiger partial charge < -0.3 is 15.8 Å². The van der Waals surface area contributed by atoms with Gasteiger partial charge in [0.25, 0.3) is 0 Å². The van der Waals surface area contributed by atoms with Crippen LogP contribution in [0.3, 0.4) is 0 Å². The predicted molar refractivity (Wildman–Crippen MR) is 94.1 cm³/mol. The molecule has 3 bridgehead atoms. The Morgan fingerprint density at radius 2 is 1.62 bits per heavy atom. The summed E-state index contributed by atoms with van der Waals surface area (Å²) in [6.07, 6.45) is 12.3. The third-order valence-electron chi connectivity index (χ3n) is 8.16. The van der Waals surface area contributed by atoms with Crippen molar-refractivity contribution in [2.24, 2.45) is 34.8 Å². The first-order chi connectivity index (χ1) is 11.5. The maximum Gasteiger partial charge on any atom is 0.455 e. The third-order valence-corrected chi connectivity index (χ3v) is 8.16. The van der Waals surface area contributed by atoms with Gasteiger partial charge in [-0.15, -0.1) is 0 Å². The molecule has 4 N–H and O–H groups in total. The molecule has 4 nitrogen and oxygen atoms in total. The van der Waals surface area contributed by atoms with Crippen molar-refractivity contribution < 1.29 is 14.8 Å². The van der Waals surface area contributed by atoms with Crippen LogP contribution in [-0.4, -0.2) is 29.0 Å². The number of hydrogen-bond donors (Lipinski definition) is 3. The van der Waals surface area contributed by atoms with Gasteiger partial charge in [0.2, 0.25) is 0 Å². The Bertz CT molecular complexity index is 481. The van der Waals surface area contributed by atoms with Crippen LogP contribution in [0.15, 0.2) is 0 Å². The van der Waals surface area contributed by atoms with E-state index in [1.807, 2.05) is 0 Å². The largest absolute Gasteiger partial charge is 0.455 e. The van der Waals surface area contributed by atoms with E-state index in [0.29, 0.717) is 5.92 Å². The first kappa shape index (κ1) is 17.1. The van der Waals surface area contributed by atoms with Crippen LogP contribution in [-0.2, 0) is 4.79 Å². The molecule has 0 radical (unpaired) electrons. The molecule has 0 spiro atoms. The molecule has 0 aromatic rings. The average Bonchev–Trinajstić information content (AvgIpc) is 2.58. The van der Waals surface area contributed by atoms with Crippen molar-refractivity contribution >= 4 is 12.9 Å². The number of Topliss-reactive ketones (excluding diaryl/α,β-unsaturated/α-hetero) is 1. The van der Waals surface area contributed by atoms with Crippen molar-refractivity contribution in [2.75, 3.05) is 0 Å². The quantitative estimate of drug-likeness (QED) is 0.690. The fourth-order valence-corrected chi connectivity index (χ4v) is 7.05. The molecule has 4 aliphatic carbocycles. The van der Waals surface area contributed by atoms with Crippen LogP contribution in [0, 0.1) is 29.1 Å². The summed E-state index contributed by atoms with van der Waals surface area (Å²) in [4.78, 5) is 13.3. The number of hydrogen-bond acceptors (Lipinski definition) is 4. The van der Waals surface area contributed by atoms with Crippen molar-refractivity contribution in [3.05, 3.63) is 0 Å². The smallest absolute Gasteiger partial charge is 0.427 e. The average molecular weight is 333 g/mol. The molecule has 0 aromatic carbocycles. The molecule has 0 aliphatic heterocycles. The minimum atomic E-state index is -1.38. The Hall–Kier alpha value is -0.385. The maximum absolute atomic E-state index is 13.3. The molecule has 5 unspecified atom stereocenters. The van der Waals surface area contributed by atoms with Crippen LogP contribution >= 0.6 is 0 Å². The summed E-state index contributed by atoms with van der Waals surface area (Å²) in [5.41, 5.74) is 6.72. The van der Waals surface area contributed by atoms with Crippen LogP contribution in [0.25, 0.3) is 0 Å². The zero-order valence-electron chi connectivity index (χ0n) is 14.7. The van der Waals surface area contributed by atoms with Gasteiger partial charge in [-0.2, -0.15) is 0 Å². The van der Waals surface area contributed by atoms with Crippen LogP contribution in [0.2, 0.25) is 5.82 Å². The van der Waals surface area contributed by atoms with E-state index >= 15 is 0 Å². The van der Waals surface area contributed by atoms with E-state index in [2.05, 4.69) is 0 Å². The number of carbonyl (C=O) groups excluding carboxylic acids is 1. The molecule has 4 saturated carbocycles. The number of fused-ring (bicyclic) bond motifs is 2. The SMILES string of the molecule is NC(C(=O)C1CCCCC1B(O)O)C12CC3CCC1CCC(C3)C2. The first-order valence-electron chi connectivity index (χ1n) is 10.2. The second-order valence-electron chi connectivity index (χ2n) is 9.31. The van der Waals surface area contributed by atoms with Gasteiger partial charge in [-0.1, -0.05) is 32.1 Å². The van der Waals surface area contributed by atoms with Crippen LogP contribution in [0.5, 0.6) is 0 Å². The molecular weight excluding hydrogens is 301 g/mol. The second-order valence-corrected chi connectivity index (χ2v) is 9.31. The highest BCUT2D eigenvalue weighted by molar-refractivity contribution is 6.43. The highest BCUT2D eigenvalue weighted by atomic mass is 16.4. The van der Waals surface area contributed by atoms with E-state index in [0.717, 1.165) is 50.4 Å². The normalized spacial score (nSPS) is 45.7. The molecule has 24 heavy (non-hydrogen) atoms. The standard InChI is InChI=1S/C19H32BNO3/c21-18(17(22)15-3-1-2-4-16(15)20(23)24)19-10-12-5-7-14(19)8-6-13(9-12)11-19/h12-16,18,23-24H,1-11,21H2. The highest BCUT2D eigenvalue weighted by Crippen LogP contribution is 2.61. The van der Waals surface area contributed by atoms with Gasteiger partial charge in [-0.25, -0.2) is 0 Å². The summed E-state index contributed by atoms with van der Waals surface area (Å²) in [6, 6.07) is -0.391. The van der Waals surface area contributed by atoms with Gasteiger partial charge in [-0.05, 0) is 61.7 Å². The summed E-state index contributed by atoms with van der Waals surface area (Å²) >= 11 is 0. The number of ketones is 1. The van der Waals surface area contributed by atoms with Crippen molar-refractivity contribution in [1.29, 1.82) is 0 Å². The zero-order valence-corrected chi connectivity index (χ0v) is 14.7. The lowest BCUT2D eigenvalue weighted by molar-refractivity contribution is -0.137. The lowest BCUT2D eigenvalue weighted by Crippen LogP contribution is -2.60. The van der Waals surface area contributed by atoms with E-state index in [1.165, 1.54) is 32.1 Å². The fraction of sp³-hybridized carbons (Fsp3) is 0.947. The van der Waals surface area contributed by atoms with Gasteiger partial charge in [0.15, 0.2) is 5.78 Å². The number of rotatable bonds is 4. The summed E-state index contributed by atoms with van der Waals surface area (Å²) in [5, 5.41) is 19.5. The van der Waals surface area contributed by atoms with E-state index < -0.39 is 13.2 Å². The van der Waals surface area contributed by atoms with Gasteiger partial charge in [0.05, 0.1) is 6.04 Å². The van der Waals surface area contributed by atoms with E-state index in [4.69, 9.17) is 5.73 Å². The second kappa shape index (κ2) is 6.41. The summed E-state index contributed by atoms with van der Waals surface area (Å²) in [5.74, 6) is 1.73. The fourth-order valence-electron chi connectivity index (χ4n) is 7.05. The molecule has 134 valence electrons. The molecule has 0 aromatic heterocycles. The van der Waals surface area contributed by atoms with Crippen molar-refractivity contribution in [1.82, 2.24) is 0 Å². The molecule has 4 aliphatic rings. The van der Waals surface area contributed by atoms with Gasteiger partial charge in [0.1, 0.15) is 0 Å². The molecule has 5 atom stereocenters. The lowest BCUT2D eigenvalue weighted by atomic mass is 9.46. The minimum absolute atomic E-state index is 0.0174. The van der Waals surface area contributed by atoms with Crippen molar-refractivity contribution in [3.8, 4) is 0 Å². The van der Waals surface area contributed by atoms with Crippen molar-refractivity contribution in [2.45, 2.75) is 82.5 Å². The van der Waals surface area contributed by atoms with E-state index in [-0.39, 0.29) is 22.9 Å². The molecule has 0 heterocycles. The lowest BCUT2D eigenvalue weighted by Gasteiger charge is -2.59. The predicted octanol–water partition coefficient (Wildman–Crippen LogP) is 2.52. The summed E-state index contributed by atoms with van der Waals surface area (Å²) in [6.45, 7) is 0. The Morgan fingerprint density at radius 1 is 1.00 bits per heavy atom. The van der Waals surface area contributed by atoms with Gasteiger partial charge >= 0.3 is 7.12 Å². The molecular formula is C19H32BNO3. The topological polar surface area (TPSA) is 83.6 Å². The molecule has 0 amide bonds. The van der Waals surface area contributed by atoms with Gasteiger partial charge in [-0.3, -0.25) is 4.79 Å². The molecule has 5 heteroatoms. The van der Waals surface area contributed by atoms with E-state index in [9.17, 15) is 14.8 Å². The Balaban J connectivity index is 1.58. The van der Waals surface area contributed by atoms with E-state index in [1.54, 1.807) is 0 Å². The van der Waals surface area contributed by atoms with Crippen molar-refractivity contribution in [3.63, 3.8) is 0 Å². The number of carbonyl (C=O) groups is 1. The minimum Gasteiger partial charge on any atom is -0.427 e. The summed E-state index contributed by atoms with van der Waals surface area (Å²) < 4.78 is 0.